The average Bonchev–Trinajstić information content (AvgIpc) is 2.91. The van der Waals surface area contributed by atoms with Crippen LogP contribution < -0.4 is 14.8 Å². The number of methoxy groups -OCH3 is 1. The summed E-state index contributed by atoms with van der Waals surface area (Å²) in [6.07, 6.45) is 0.493. The summed E-state index contributed by atoms with van der Waals surface area (Å²) in [5, 5.41) is 14.8. The molecule has 5 nitrogen and oxygen atoms in total. The minimum Gasteiger partial charge on any atom is -0.496 e. The summed E-state index contributed by atoms with van der Waals surface area (Å²) in [5.74, 6) is -0.154. The van der Waals surface area contributed by atoms with Gasteiger partial charge in [0.1, 0.15) is 29.0 Å². The molecule has 3 atom stereocenters. The number of aromatic carboxylic acids is 1. The fourth-order valence-electron chi connectivity index (χ4n) is 5.49. The Bertz CT molecular complexity index is 1470. The lowest BCUT2D eigenvalue weighted by atomic mass is 9.81. The number of aryl methyl sites for hydroxylation is 1. The molecule has 0 radical (unpaired) electrons. The quantitative estimate of drug-likeness (QED) is 0.299. The molecule has 1 aliphatic heterocycles. The third-order valence-electron chi connectivity index (χ3n) is 7.31. The van der Waals surface area contributed by atoms with Gasteiger partial charge in [0.05, 0.1) is 7.11 Å². The predicted molar refractivity (Wildman–Crippen MR) is 142 cm³/mol. The molecule has 2 N–H and O–H groups in total. The van der Waals surface area contributed by atoms with Crippen LogP contribution in [0.1, 0.15) is 57.9 Å². The van der Waals surface area contributed by atoms with Gasteiger partial charge in [0, 0.05) is 35.0 Å². The van der Waals surface area contributed by atoms with E-state index in [-0.39, 0.29) is 29.4 Å². The SMILES string of the molecule is COc1c(C(=O)O)ccc(C)c1[C@H]1C[C@H](CN[C@H](C)c2ccc(F)c3ccccc23)Oc2ccccc21. The molecule has 5 rings (SSSR count). The standard InChI is InChI=1S/C31H30FNO4/c1-18-12-13-25(31(34)35)30(36-3)29(18)26-16-20(37-28-11-7-6-10-24(26)28)17-33-19(2)21-14-15-27(32)23-9-5-4-8-22(21)23/h4-15,19-20,26,33H,16-17H2,1-3H3,(H,34,35)/t19-,20-,26+/m1/s1. The minimum absolute atomic E-state index is 0.0312. The van der Waals surface area contributed by atoms with Crippen molar-refractivity contribution < 1.29 is 23.8 Å². The lowest BCUT2D eigenvalue weighted by Crippen LogP contribution is -2.37. The van der Waals surface area contributed by atoms with E-state index in [1.54, 1.807) is 12.1 Å². The molecule has 1 heterocycles. The van der Waals surface area contributed by atoms with Crippen molar-refractivity contribution >= 4 is 16.7 Å². The maximum Gasteiger partial charge on any atom is 0.339 e. The third kappa shape index (κ3) is 4.65. The van der Waals surface area contributed by atoms with Crippen LogP contribution in [0.25, 0.3) is 10.8 Å². The Labute approximate surface area is 215 Å². The topological polar surface area (TPSA) is 67.8 Å². The molecule has 0 saturated heterocycles. The Morgan fingerprint density at radius 3 is 2.57 bits per heavy atom. The zero-order valence-corrected chi connectivity index (χ0v) is 21.1. The van der Waals surface area contributed by atoms with Gasteiger partial charge >= 0.3 is 5.97 Å². The van der Waals surface area contributed by atoms with Gasteiger partial charge in [0.2, 0.25) is 0 Å². The molecule has 0 bridgehead atoms. The van der Waals surface area contributed by atoms with Gasteiger partial charge in [0.25, 0.3) is 0 Å². The van der Waals surface area contributed by atoms with E-state index in [1.807, 2.05) is 61.5 Å². The van der Waals surface area contributed by atoms with Gasteiger partial charge in [-0.3, -0.25) is 0 Å². The highest BCUT2D eigenvalue weighted by atomic mass is 19.1. The fraction of sp³-hybridized carbons (Fsp3) is 0.258. The first-order chi connectivity index (χ1) is 17.9. The number of rotatable bonds is 7. The molecule has 0 aliphatic carbocycles. The summed E-state index contributed by atoms with van der Waals surface area (Å²) >= 11 is 0. The smallest absolute Gasteiger partial charge is 0.339 e. The predicted octanol–water partition coefficient (Wildman–Crippen LogP) is 6.63. The Morgan fingerprint density at radius 2 is 1.81 bits per heavy atom. The molecule has 0 unspecified atom stereocenters. The Hall–Kier alpha value is -3.90. The number of carbonyl (C=O) groups is 1. The van der Waals surface area contributed by atoms with Gasteiger partial charge in [-0.1, -0.05) is 54.6 Å². The second kappa shape index (κ2) is 10.2. The van der Waals surface area contributed by atoms with Gasteiger partial charge in [0.15, 0.2) is 0 Å². The number of hydrogen-bond donors (Lipinski definition) is 2. The van der Waals surface area contributed by atoms with Crippen molar-refractivity contribution in [1.82, 2.24) is 5.32 Å². The first kappa shape index (κ1) is 24.8. The van der Waals surface area contributed by atoms with E-state index in [4.69, 9.17) is 9.47 Å². The van der Waals surface area contributed by atoms with Crippen molar-refractivity contribution in [2.24, 2.45) is 0 Å². The number of benzene rings is 4. The van der Waals surface area contributed by atoms with Crippen LogP contribution in [-0.4, -0.2) is 30.8 Å². The molecular formula is C31H30FNO4. The van der Waals surface area contributed by atoms with Crippen molar-refractivity contribution in [3.8, 4) is 11.5 Å². The van der Waals surface area contributed by atoms with Crippen molar-refractivity contribution in [1.29, 1.82) is 0 Å². The number of hydrogen-bond acceptors (Lipinski definition) is 4. The summed E-state index contributed by atoms with van der Waals surface area (Å²) in [5.41, 5.74) is 4.04. The van der Waals surface area contributed by atoms with Crippen molar-refractivity contribution in [3.63, 3.8) is 0 Å². The summed E-state index contributed by atoms with van der Waals surface area (Å²) < 4.78 is 26.4. The van der Waals surface area contributed by atoms with E-state index in [9.17, 15) is 14.3 Å². The molecule has 190 valence electrons. The number of ether oxygens (including phenoxy) is 2. The summed E-state index contributed by atoms with van der Waals surface area (Å²) in [4.78, 5) is 11.9. The average molecular weight is 500 g/mol. The van der Waals surface area contributed by atoms with Crippen LogP contribution in [-0.2, 0) is 0 Å². The number of para-hydroxylation sites is 1. The van der Waals surface area contributed by atoms with E-state index in [0.717, 1.165) is 33.4 Å². The van der Waals surface area contributed by atoms with E-state index in [2.05, 4.69) is 12.2 Å². The lowest BCUT2D eigenvalue weighted by Gasteiger charge is -2.35. The molecule has 0 fully saturated rings. The summed E-state index contributed by atoms with van der Waals surface area (Å²) in [6.45, 7) is 4.62. The largest absolute Gasteiger partial charge is 0.496 e. The molecule has 37 heavy (non-hydrogen) atoms. The Balaban J connectivity index is 1.45. The van der Waals surface area contributed by atoms with Crippen LogP contribution in [0.15, 0.2) is 72.8 Å². The highest BCUT2D eigenvalue weighted by Gasteiger charge is 2.33. The van der Waals surface area contributed by atoms with Gasteiger partial charge < -0.3 is 19.9 Å². The van der Waals surface area contributed by atoms with Crippen LogP contribution in [0.3, 0.4) is 0 Å². The monoisotopic (exact) mass is 499 g/mol. The molecular weight excluding hydrogens is 469 g/mol. The number of carboxylic acids is 1. The van der Waals surface area contributed by atoms with Crippen LogP contribution in [0.4, 0.5) is 4.39 Å². The molecule has 1 aliphatic rings. The van der Waals surface area contributed by atoms with E-state index in [0.29, 0.717) is 24.1 Å². The molecule has 6 heteroatoms. The summed E-state index contributed by atoms with van der Waals surface area (Å²) in [7, 11) is 1.52. The van der Waals surface area contributed by atoms with Crippen LogP contribution in [0.2, 0.25) is 0 Å². The van der Waals surface area contributed by atoms with Crippen molar-refractivity contribution in [2.45, 2.75) is 38.3 Å². The number of carboxylic acid groups (broad SMARTS) is 1. The third-order valence-corrected chi connectivity index (χ3v) is 7.31. The van der Waals surface area contributed by atoms with E-state index >= 15 is 0 Å². The van der Waals surface area contributed by atoms with Gasteiger partial charge in [-0.15, -0.1) is 0 Å². The van der Waals surface area contributed by atoms with Gasteiger partial charge in [-0.2, -0.15) is 0 Å². The zero-order valence-electron chi connectivity index (χ0n) is 21.1. The zero-order chi connectivity index (χ0) is 26.1. The second-order valence-electron chi connectivity index (χ2n) is 9.56. The van der Waals surface area contributed by atoms with Crippen LogP contribution >= 0.6 is 0 Å². The lowest BCUT2D eigenvalue weighted by molar-refractivity contribution is 0.0693. The molecule has 4 aromatic rings. The number of nitrogens with one attached hydrogen (secondary N) is 1. The number of fused-ring (bicyclic) bond motifs is 2. The first-order valence-electron chi connectivity index (χ1n) is 12.5. The molecule has 0 amide bonds. The minimum atomic E-state index is -1.02. The van der Waals surface area contributed by atoms with E-state index in [1.165, 1.54) is 13.2 Å². The number of halogens is 1. The molecule has 0 aromatic heterocycles. The van der Waals surface area contributed by atoms with E-state index < -0.39 is 5.97 Å². The summed E-state index contributed by atoms with van der Waals surface area (Å²) in [6, 6.07) is 22.2. The highest BCUT2D eigenvalue weighted by Crippen LogP contribution is 2.45. The Kier molecular flexibility index (Phi) is 6.85. The second-order valence-corrected chi connectivity index (χ2v) is 9.56. The molecule has 0 spiro atoms. The highest BCUT2D eigenvalue weighted by molar-refractivity contribution is 5.92. The first-order valence-corrected chi connectivity index (χ1v) is 12.5. The molecule has 4 aromatic carbocycles. The van der Waals surface area contributed by atoms with Gasteiger partial charge in [-0.05, 0) is 55.0 Å². The normalized spacial score (nSPS) is 17.6. The maximum atomic E-state index is 14.3. The van der Waals surface area contributed by atoms with Crippen molar-refractivity contribution in [3.05, 3.63) is 106 Å². The Morgan fingerprint density at radius 1 is 1.08 bits per heavy atom. The van der Waals surface area contributed by atoms with Crippen molar-refractivity contribution in [2.75, 3.05) is 13.7 Å². The fourth-order valence-corrected chi connectivity index (χ4v) is 5.49. The van der Waals surface area contributed by atoms with Crippen LogP contribution in [0, 0.1) is 12.7 Å². The van der Waals surface area contributed by atoms with Gasteiger partial charge in [-0.25, -0.2) is 9.18 Å². The van der Waals surface area contributed by atoms with Crippen LogP contribution in [0.5, 0.6) is 11.5 Å². The molecule has 0 saturated carbocycles. The maximum absolute atomic E-state index is 14.3.